The number of rotatable bonds is 6. The first kappa shape index (κ1) is 13.6. The van der Waals surface area contributed by atoms with Gasteiger partial charge < -0.3 is 14.8 Å². The van der Waals surface area contributed by atoms with E-state index in [4.69, 9.17) is 4.42 Å². The maximum absolute atomic E-state index is 9.37. The first-order valence-electron chi connectivity index (χ1n) is 7.22. The Morgan fingerprint density at radius 3 is 2.61 bits per heavy atom. The Bertz CT molecular complexity index is 348. The molecule has 2 N–H and O–H groups in total. The molecule has 18 heavy (non-hydrogen) atoms. The number of aliphatic hydroxyl groups is 1. The highest BCUT2D eigenvalue weighted by molar-refractivity contribution is 5.06. The van der Waals surface area contributed by atoms with E-state index < -0.39 is 0 Å². The number of aliphatic hydroxyl groups excluding tert-OH is 1. The topological polar surface area (TPSA) is 45.4 Å². The molecule has 0 saturated heterocycles. The van der Waals surface area contributed by atoms with Gasteiger partial charge in [-0.3, -0.25) is 0 Å². The Kier molecular flexibility index (Phi) is 5.26. The van der Waals surface area contributed by atoms with Crippen molar-refractivity contribution in [3.63, 3.8) is 0 Å². The molecular weight excluding hydrogens is 226 g/mol. The Labute approximate surface area is 110 Å². The van der Waals surface area contributed by atoms with Crippen molar-refractivity contribution >= 4 is 0 Å². The Hall–Kier alpha value is -0.800. The minimum atomic E-state index is 0.340. The van der Waals surface area contributed by atoms with Crippen molar-refractivity contribution in [2.75, 3.05) is 13.2 Å². The monoisotopic (exact) mass is 251 g/mol. The zero-order chi connectivity index (χ0) is 12.8. The van der Waals surface area contributed by atoms with E-state index in [0.29, 0.717) is 18.4 Å². The molecule has 3 heteroatoms. The van der Waals surface area contributed by atoms with Gasteiger partial charge in [-0.25, -0.2) is 0 Å². The summed E-state index contributed by atoms with van der Waals surface area (Å²) in [5.74, 6) is 3.19. The zero-order valence-corrected chi connectivity index (χ0v) is 11.3. The maximum Gasteiger partial charge on any atom is 0.117 e. The fourth-order valence-electron chi connectivity index (χ4n) is 2.88. The molecule has 0 radical (unpaired) electrons. The molecule has 1 heterocycles. The molecule has 1 saturated carbocycles. The van der Waals surface area contributed by atoms with E-state index in [1.54, 1.807) is 0 Å². The normalized spacial score (nSPS) is 24.3. The highest BCUT2D eigenvalue weighted by Gasteiger charge is 2.23. The van der Waals surface area contributed by atoms with E-state index in [9.17, 15) is 5.11 Å². The molecule has 2 unspecified atom stereocenters. The first-order valence-corrected chi connectivity index (χ1v) is 7.22. The Morgan fingerprint density at radius 2 is 1.94 bits per heavy atom. The summed E-state index contributed by atoms with van der Waals surface area (Å²) in [7, 11) is 0. The summed E-state index contributed by atoms with van der Waals surface area (Å²) in [5, 5.41) is 12.8. The lowest BCUT2D eigenvalue weighted by Crippen LogP contribution is -2.32. The van der Waals surface area contributed by atoms with Crippen molar-refractivity contribution in [2.24, 2.45) is 11.8 Å². The van der Waals surface area contributed by atoms with Gasteiger partial charge in [0.25, 0.3) is 0 Å². The van der Waals surface area contributed by atoms with E-state index in [1.165, 1.54) is 25.7 Å². The van der Waals surface area contributed by atoms with Crippen LogP contribution in [0, 0.1) is 11.8 Å². The number of furan rings is 1. The zero-order valence-electron chi connectivity index (χ0n) is 11.3. The average molecular weight is 251 g/mol. The second-order valence-electron chi connectivity index (χ2n) is 5.34. The fraction of sp³-hybridized carbons (Fsp3) is 0.733. The molecule has 3 nitrogen and oxygen atoms in total. The lowest BCUT2D eigenvalue weighted by atomic mass is 9.79. The first-order chi connectivity index (χ1) is 8.83. The summed E-state index contributed by atoms with van der Waals surface area (Å²) in [6.45, 7) is 4.24. The molecule has 1 aromatic heterocycles. The third kappa shape index (κ3) is 3.59. The highest BCUT2D eigenvalue weighted by atomic mass is 16.3. The minimum absolute atomic E-state index is 0.340. The van der Waals surface area contributed by atoms with Gasteiger partial charge in [0.2, 0.25) is 0 Å². The molecule has 0 aliphatic heterocycles. The number of nitrogens with one attached hydrogen (secondary N) is 1. The van der Waals surface area contributed by atoms with Crippen LogP contribution in [-0.2, 0) is 13.0 Å². The lowest BCUT2D eigenvalue weighted by molar-refractivity contribution is 0.132. The second kappa shape index (κ2) is 6.95. The SMILES string of the molecule is CCc1ccc(CNCC2CCCCC2CO)o1. The molecule has 0 amide bonds. The summed E-state index contributed by atoms with van der Waals surface area (Å²) in [6, 6.07) is 4.10. The van der Waals surface area contributed by atoms with Crippen molar-refractivity contribution < 1.29 is 9.52 Å². The molecule has 2 atom stereocenters. The predicted molar refractivity (Wildman–Crippen MR) is 72.3 cm³/mol. The van der Waals surface area contributed by atoms with Crippen molar-refractivity contribution in [3.05, 3.63) is 23.7 Å². The summed E-state index contributed by atoms with van der Waals surface area (Å²) in [6.07, 6.45) is 5.97. The van der Waals surface area contributed by atoms with E-state index >= 15 is 0 Å². The molecule has 0 spiro atoms. The van der Waals surface area contributed by atoms with Gasteiger partial charge in [0.1, 0.15) is 11.5 Å². The van der Waals surface area contributed by atoms with Crippen LogP contribution in [0.25, 0.3) is 0 Å². The molecule has 2 rings (SSSR count). The van der Waals surface area contributed by atoms with Gasteiger partial charge >= 0.3 is 0 Å². The van der Waals surface area contributed by atoms with Gasteiger partial charge in [0, 0.05) is 13.0 Å². The maximum atomic E-state index is 9.37. The molecule has 102 valence electrons. The molecule has 1 aliphatic carbocycles. The molecule has 1 aromatic rings. The standard InChI is InChI=1S/C15H25NO2/c1-2-14-7-8-15(18-14)10-16-9-12-5-3-4-6-13(12)11-17/h7-8,12-13,16-17H,2-6,9-11H2,1H3. The molecule has 0 bridgehead atoms. The van der Waals surface area contributed by atoms with Crippen LogP contribution >= 0.6 is 0 Å². The summed E-state index contributed by atoms with van der Waals surface area (Å²) >= 11 is 0. The van der Waals surface area contributed by atoms with E-state index in [2.05, 4.69) is 18.3 Å². The van der Waals surface area contributed by atoms with E-state index in [-0.39, 0.29) is 0 Å². The average Bonchev–Trinajstić information content (AvgIpc) is 2.87. The van der Waals surface area contributed by atoms with Crippen LogP contribution in [0.3, 0.4) is 0 Å². The smallest absolute Gasteiger partial charge is 0.117 e. The fourth-order valence-corrected chi connectivity index (χ4v) is 2.88. The van der Waals surface area contributed by atoms with Gasteiger partial charge in [-0.05, 0) is 43.4 Å². The van der Waals surface area contributed by atoms with Crippen molar-refractivity contribution in [1.29, 1.82) is 0 Å². The largest absolute Gasteiger partial charge is 0.465 e. The van der Waals surface area contributed by atoms with E-state index in [0.717, 1.165) is 31.0 Å². The molecular formula is C15H25NO2. The van der Waals surface area contributed by atoms with Gasteiger partial charge in [-0.2, -0.15) is 0 Å². The van der Waals surface area contributed by atoms with Gasteiger partial charge in [-0.1, -0.05) is 19.8 Å². The molecule has 1 aliphatic rings. The van der Waals surface area contributed by atoms with Crippen LogP contribution in [0.1, 0.15) is 44.1 Å². The quantitative estimate of drug-likeness (QED) is 0.817. The summed E-state index contributed by atoms with van der Waals surface area (Å²) in [5.41, 5.74) is 0. The summed E-state index contributed by atoms with van der Waals surface area (Å²) in [4.78, 5) is 0. The predicted octanol–water partition coefficient (Wildman–Crippen LogP) is 2.73. The Morgan fingerprint density at radius 1 is 1.22 bits per heavy atom. The van der Waals surface area contributed by atoms with Crippen LogP contribution < -0.4 is 5.32 Å². The van der Waals surface area contributed by atoms with Gasteiger partial charge in [0.15, 0.2) is 0 Å². The van der Waals surface area contributed by atoms with Crippen molar-refractivity contribution in [2.45, 2.75) is 45.6 Å². The van der Waals surface area contributed by atoms with Crippen LogP contribution in [0.4, 0.5) is 0 Å². The van der Waals surface area contributed by atoms with Gasteiger partial charge in [-0.15, -0.1) is 0 Å². The van der Waals surface area contributed by atoms with Crippen LogP contribution in [0.15, 0.2) is 16.5 Å². The van der Waals surface area contributed by atoms with Crippen molar-refractivity contribution in [3.8, 4) is 0 Å². The molecule has 0 aromatic carbocycles. The number of aryl methyl sites for hydroxylation is 1. The number of hydrogen-bond acceptors (Lipinski definition) is 3. The third-order valence-corrected chi connectivity index (χ3v) is 4.07. The third-order valence-electron chi connectivity index (χ3n) is 4.07. The van der Waals surface area contributed by atoms with Crippen molar-refractivity contribution in [1.82, 2.24) is 5.32 Å². The Balaban J connectivity index is 1.73. The van der Waals surface area contributed by atoms with Crippen LogP contribution in [0.2, 0.25) is 0 Å². The van der Waals surface area contributed by atoms with Crippen LogP contribution in [-0.4, -0.2) is 18.3 Å². The van der Waals surface area contributed by atoms with E-state index in [1.807, 2.05) is 6.07 Å². The highest BCUT2D eigenvalue weighted by Crippen LogP contribution is 2.29. The number of hydrogen-bond donors (Lipinski definition) is 2. The molecule has 1 fully saturated rings. The lowest BCUT2D eigenvalue weighted by Gasteiger charge is -2.30. The van der Waals surface area contributed by atoms with Gasteiger partial charge in [0.05, 0.1) is 6.54 Å². The van der Waals surface area contributed by atoms with Crippen LogP contribution in [0.5, 0.6) is 0 Å². The second-order valence-corrected chi connectivity index (χ2v) is 5.34. The minimum Gasteiger partial charge on any atom is -0.465 e. The summed E-state index contributed by atoms with van der Waals surface area (Å²) < 4.78 is 5.66.